The minimum Gasteiger partial charge on any atom is -0.469 e. The van der Waals surface area contributed by atoms with Gasteiger partial charge in [-0.3, -0.25) is 4.79 Å². The first kappa shape index (κ1) is 13.7. The van der Waals surface area contributed by atoms with Crippen molar-refractivity contribution in [3.63, 3.8) is 0 Å². The standard InChI is InChI=1S/C10H20ClNO2/c1-7(9(13)14-6)8(2)12(11)10(3,4)5/h7-8H,1-6H3. The molecule has 0 aromatic carbocycles. The molecule has 4 heteroatoms. The lowest BCUT2D eigenvalue weighted by Crippen LogP contribution is -2.45. The van der Waals surface area contributed by atoms with E-state index in [1.807, 2.05) is 34.6 Å². The summed E-state index contributed by atoms with van der Waals surface area (Å²) in [6, 6.07) is -0.0517. The van der Waals surface area contributed by atoms with Crippen LogP contribution >= 0.6 is 11.8 Å². The van der Waals surface area contributed by atoms with Crippen LogP contribution in [0.2, 0.25) is 0 Å². The van der Waals surface area contributed by atoms with E-state index in [-0.39, 0.29) is 23.5 Å². The van der Waals surface area contributed by atoms with Crippen LogP contribution in [0, 0.1) is 5.92 Å². The minimum absolute atomic E-state index is 0.0517. The summed E-state index contributed by atoms with van der Waals surface area (Å²) in [6.07, 6.45) is 0. The second kappa shape index (κ2) is 4.99. The number of halogens is 1. The maximum Gasteiger partial charge on any atom is 0.310 e. The SMILES string of the molecule is COC(=O)C(C)C(C)N(Cl)C(C)(C)C. The Labute approximate surface area is 91.5 Å². The molecule has 0 N–H and O–H groups in total. The molecule has 0 saturated heterocycles. The van der Waals surface area contributed by atoms with E-state index in [1.165, 1.54) is 7.11 Å². The number of rotatable bonds is 3. The van der Waals surface area contributed by atoms with E-state index in [4.69, 9.17) is 11.8 Å². The van der Waals surface area contributed by atoms with Gasteiger partial charge in [0.25, 0.3) is 0 Å². The van der Waals surface area contributed by atoms with E-state index < -0.39 is 0 Å². The number of methoxy groups -OCH3 is 1. The monoisotopic (exact) mass is 221 g/mol. The summed E-state index contributed by atoms with van der Waals surface area (Å²) < 4.78 is 6.33. The highest BCUT2D eigenvalue weighted by atomic mass is 35.5. The summed E-state index contributed by atoms with van der Waals surface area (Å²) >= 11 is 6.13. The Balaban J connectivity index is 4.46. The van der Waals surface area contributed by atoms with Crippen LogP contribution in [0.1, 0.15) is 34.6 Å². The minimum atomic E-state index is -0.229. The maximum absolute atomic E-state index is 11.3. The molecule has 0 bridgehead atoms. The molecule has 84 valence electrons. The third-order valence-corrected chi connectivity index (χ3v) is 3.11. The van der Waals surface area contributed by atoms with Gasteiger partial charge in [0, 0.05) is 11.6 Å². The average molecular weight is 222 g/mol. The molecule has 0 amide bonds. The topological polar surface area (TPSA) is 29.5 Å². The summed E-state index contributed by atoms with van der Waals surface area (Å²) in [6.45, 7) is 9.74. The van der Waals surface area contributed by atoms with Crippen molar-refractivity contribution in [2.75, 3.05) is 7.11 Å². The Bertz CT molecular complexity index is 201. The first-order chi connectivity index (χ1) is 6.21. The lowest BCUT2D eigenvalue weighted by Gasteiger charge is -2.35. The molecule has 0 aliphatic carbocycles. The highest BCUT2D eigenvalue weighted by molar-refractivity contribution is 6.14. The molecule has 2 atom stereocenters. The first-order valence-corrected chi connectivity index (χ1v) is 5.08. The van der Waals surface area contributed by atoms with E-state index >= 15 is 0 Å². The average Bonchev–Trinajstić information content (AvgIpc) is 2.11. The Kier molecular flexibility index (Phi) is 4.89. The van der Waals surface area contributed by atoms with Gasteiger partial charge in [-0.25, -0.2) is 4.42 Å². The fourth-order valence-electron chi connectivity index (χ4n) is 1.19. The van der Waals surface area contributed by atoms with Crippen LogP contribution in [0.5, 0.6) is 0 Å². The van der Waals surface area contributed by atoms with Crippen LogP contribution in [0.25, 0.3) is 0 Å². The summed E-state index contributed by atoms with van der Waals surface area (Å²) in [5, 5.41) is 0. The van der Waals surface area contributed by atoms with Crippen molar-refractivity contribution in [3.8, 4) is 0 Å². The molecule has 0 radical (unpaired) electrons. The van der Waals surface area contributed by atoms with Gasteiger partial charge in [-0.15, -0.1) is 0 Å². The van der Waals surface area contributed by atoms with Gasteiger partial charge >= 0.3 is 5.97 Å². The van der Waals surface area contributed by atoms with E-state index in [9.17, 15) is 4.79 Å². The summed E-state index contributed by atoms with van der Waals surface area (Å²) in [7, 11) is 1.39. The number of nitrogens with zero attached hydrogens (tertiary/aromatic N) is 1. The molecule has 0 aliphatic rings. The largest absolute Gasteiger partial charge is 0.469 e. The lowest BCUT2D eigenvalue weighted by molar-refractivity contribution is -0.146. The van der Waals surface area contributed by atoms with Crippen LogP contribution in [0.3, 0.4) is 0 Å². The van der Waals surface area contributed by atoms with E-state index in [1.54, 1.807) is 4.42 Å². The van der Waals surface area contributed by atoms with Crippen molar-refractivity contribution in [2.45, 2.75) is 46.2 Å². The van der Waals surface area contributed by atoms with Crippen molar-refractivity contribution in [3.05, 3.63) is 0 Å². The number of hydrogen-bond acceptors (Lipinski definition) is 3. The third kappa shape index (κ3) is 3.46. The zero-order valence-corrected chi connectivity index (χ0v) is 10.6. The summed E-state index contributed by atoms with van der Waals surface area (Å²) in [4.78, 5) is 11.3. The third-order valence-electron chi connectivity index (χ3n) is 2.29. The molecular weight excluding hydrogens is 202 g/mol. The zero-order valence-electron chi connectivity index (χ0n) is 9.80. The molecule has 0 fully saturated rings. The van der Waals surface area contributed by atoms with Gasteiger partial charge in [0.2, 0.25) is 0 Å². The Morgan fingerprint density at radius 2 is 1.79 bits per heavy atom. The van der Waals surface area contributed by atoms with Crippen LogP contribution in [0.15, 0.2) is 0 Å². The van der Waals surface area contributed by atoms with E-state index in [0.29, 0.717) is 0 Å². The fourth-order valence-corrected chi connectivity index (χ4v) is 1.36. The van der Waals surface area contributed by atoms with Gasteiger partial charge in [0.1, 0.15) is 0 Å². The van der Waals surface area contributed by atoms with Gasteiger partial charge in [-0.1, -0.05) is 6.92 Å². The molecule has 0 rings (SSSR count). The molecule has 2 unspecified atom stereocenters. The van der Waals surface area contributed by atoms with Gasteiger partial charge in [-0.2, -0.15) is 0 Å². The summed E-state index contributed by atoms with van der Waals surface area (Å²) in [5.74, 6) is -0.455. The highest BCUT2D eigenvalue weighted by Crippen LogP contribution is 2.24. The van der Waals surface area contributed by atoms with E-state index in [0.717, 1.165) is 0 Å². The van der Waals surface area contributed by atoms with Gasteiger partial charge in [0.15, 0.2) is 0 Å². The van der Waals surface area contributed by atoms with Gasteiger partial charge in [-0.05, 0) is 39.5 Å². The molecule has 0 aromatic heterocycles. The number of carbonyl (C=O) groups excluding carboxylic acids is 1. The first-order valence-electron chi connectivity index (χ1n) is 4.74. The Morgan fingerprint density at radius 3 is 2.07 bits per heavy atom. The van der Waals surface area contributed by atoms with Crippen molar-refractivity contribution in [2.24, 2.45) is 5.92 Å². The molecule has 0 saturated carbocycles. The Hall–Kier alpha value is -0.280. The van der Waals surface area contributed by atoms with Gasteiger partial charge < -0.3 is 4.74 Å². The van der Waals surface area contributed by atoms with Crippen molar-refractivity contribution in [1.82, 2.24) is 4.42 Å². The molecule has 0 spiro atoms. The lowest BCUT2D eigenvalue weighted by atomic mass is 9.99. The molecule has 3 nitrogen and oxygen atoms in total. The molecule has 14 heavy (non-hydrogen) atoms. The number of carbonyl (C=O) groups is 1. The van der Waals surface area contributed by atoms with Crippen LogP contribution < -0.4 is 0 Å². The van der Waals surface area contributed by atoms with Crippen molar-refractivity contribution >= 4 is 17.7 Å². The Morgan fingerprint density at radius 1 is 1.36 bits per heavy atom. The maximum atomic E-state index is 11.3. The fraction of sp³-hybridized carbons (Fsp3) is 0.900. The molecule has 0 aromatic rings. The molecule has 0 aliphatic heterocycles. The second-order valence-electron chi connectivity index (χ2n) is 4.53. The highest BCUT2D eigenvalue weighted by Gasteiger charge is 2.31. The van der Waals surface area contributed by atoms with Crippen LogP contribution in [0.4, 0.5) is 0 Å². The normalized spacial score (nSPS) is 16.6. The summed E-state index contributed by atoms with van der Waals surface area (Å²) in [5.41, 5.74) is -0.163. The zero-order chi connectivity index (χ0) is 11.5. The predicted octanol–water partition coefficient (Wildman–Crippen LogP) is 2.44. The van der Waals surface area contributed by atoms with Crippen LogP contribution in [-0.2, 0) is 9.53 Å². The van der Waals surface area contributed by atoms with Crippen molar-refractivity contribution < 1.29 is 9.53 Å². The predicted molar refractivity (Wildman–Crippen MR) is 58.1 cm³/mol. The van der Waals surface area contributed by atoms with E-state index in [2.05, 4.69) is 4.74 Å². The van der Waals surface area contributed by atoms with Gasteiger partial charge in [0.05, 0.1) is 13.0 Å². The number of ether oxygens (including phenoxy) is 1. The van der Waals surface area contributed by atoms with Crippen molar-refractivity contribution in [1.29, 1.82) is 0 Å². The number of esters is 1. The molecule has 0 heterocycles. The van der Waals surface area contributed by atoms with Crippen LogP contribution in [-0.4, -0.2) is 29.1 Å². The smallest absolute Gasteiger partial charge is 0.310 e. The quantitative estimate of drug-likeness (QED) is 0.542. The molecular formula is C10H20ClNO2. The number of hydrogen-bond donors (Lipinski definition) is 0. The second-order valence-corrected chi connectivity index (χ2v) is 4.90.